The Bertz CT molecular complexity index is 1260. The molecule has 2 amide bonds. The highest BCUT2D eigenvalue weighted by Crippen LogP contribution is 2.43. The van der Waals surface area contributed by atoms with E-state index in [0.717, 1.165) is 41.1 Å². The van der Waals surface area contributed by atoms with Crippen LogP contribution < -0.4 is 10.6 Å². The predicted molar refractivity (Wildman–Crippen MR) is 121 cm³/mol. The van der Waals surface area contributed by atoms with Gasteiger partial charge in [0.2, 0.25) is 0 Å². The van der Waals surface area contributed by atoms with Crippen LogP contribution in [0.2, 0.25) is 0 Å². The van der Waals surface area contributed by atoms with Crippen LogP contribution in [0.25, 0.3) is 11.1 Å². The molecular weight excluding hydrogens is 407 g/mol. The zero-order valence-electron chi connectivity index (χ0n) is 17.7. The van der Waals surface area contributed by atoms with Gasteiger partial charge in [-0.1, -0.05) is 6.07 Å². The van der Waals surface area contributed by atoms with Crippen molar-refractivity contribution in [1.82, 2.24) is 15.3 Å². The molecule has 0 saturated heterocycles. The molecule has 7 heteroatoms. The number of hydrogen-bond donors (Lipinski definition) is 3. The van der Waals surface area contributed by atoms with E-state index in [1.807, 2.05) is 25.1 Å². The van der Waals surface area contributed by atoms with E-state index in [0.29, 0.717) is 41.8 Å². The number of carbonyl (C=O) groups is 2. The first-order chi connectivity index (χ1) is 15.5. The summed E-state index contributed by atoms with van der Waals surface area (Å²) in [4.78, 5) is 33.4. The molecule has 0 bridgehead atoms. The van der Waals surface area contributed by atoms with Gasteiger partial charge < -0.3 is 15.6 Å². The maximum absolute atomic E-state index is 13.9. The van der Waals surface area contributed by atoms with Gasteiger partial charge in [0.05, 0.1) is 11.1 Å². The Labute approximate surface area is 185 Å². The topological polar surface area (TPSA) is 86.9 Å². The number of hydrogen-bond acceptors (Lipinski definition) is 3. The number of aromatic nitrogens is 2. The van der Waals surface area contributed by atoms with Crippen LogP contribution in [0.1, 0.15) is 51.4 Å². The number of benzene rings is 1. The van der Waals surface area contributed by atoms with E-state index in [4.69, 9.17) is 0 Å². The first kappa shape index (κ1) is 20.2. The molecule has 32 heavy (non-hydrogen) atoms. The molecule has 3 heterocycles. The van der Waals surface area contributed by atoms with Crippen molar-refractivity contribution in [3.63, 3.8) is 0 Å². The van der Waals surface area contributed by atoms with E-state index in [1.165, 1.54) is 12.1 Å². The van der Waals surface area contributed by atoms with Crippen molar-refractivity contribution < 1.29 is 14.0 Å². The van der Waals surface area contributed by atoms with Gasteiger partial charge in [0, 0.05) is 47.5 Å². The molecule has 6 nitrogen and oxygen atoms in total. The highest BCUT2D eigenvalue weighted by atomic mass is 19.1. The van der Waals surface area contributed by atoms with Crippen LogP contribution in [0.15, 0.2) is 42.6 Å². The lowest BCUT2D eigenvalue weighted by Crippen LogP contribution is -2.27. The van der Waals surface area contributed by atoms with E-state index >= 15 is 0 Å². The second-order valence-electron chi connectivity index (χ2n) is 8.16. The molecule has 3 N–H and O–H groups in total. The molecule has 2 aliphatic rings. The third-order valence-corrected chi connectivity index (χ3v) is 6.09. The fourth-order valence-electron chi connectivity index (χ4n) is 4.69. The van der Waals surface area contributed by atoms with Crippen molar-refractivity contribution in [1.29, 1.82) is 0 Å². The Balaban J connectivity index is 1.47. The Morgan fingerprint density at radius 3 is 2.91 bits per heavy atom. The number of nitrogens with zero attached hydrogens (tertiary/aromatic N) is 1. The molecule has 162 valence electrons. The summed E-state index contributed by atoms with van der Waals surface area (Å²) in [5.74, 6) is -0.753. The molecule has 0 saturated carbocycles. The first-order valence-electron chi connectivity index (χ1n) is 10.8. The lowest BCUT2D eigenvalue weighted by molar-refractivity contribution is -0.110. The lowest BCUT2D eigenvalue weighted by Gasteiger charge is -2.18. The molecule has 0 unspecified atom stereocenters. The lowest BCUT2D eigenvalue weighted by atomic mass is 9.86. The summed E-state index contributed by atoms with van der Waals surface area (Å²) < 4.78 is 13.9. The third-order valence-electron chi connectivity index (χ3n) is 6.09. The second-order valence-corrected chi connectivity index (χ2v) is 8.16. The SMILES string of the molecule is Cc1[nH]c2c(c1C(=O)NCCc1ccccn1)CCC/C2=C1/C(=O)Nc2ccc(F)cc21. The Morgan fingerprint density at radius 1 is 1.22 bits per heavy atom. The molecule has 5 rings (SSSR count). The number of carbonyl (C=O) groups excluding carboxylic acids is 2. The number of halogens is 1. The Kier molecular flexibility index (Phi) is 5.09. The zero-order chi connectivity index (χ0) is 22.2. The maximum atomic E-state index is 13.9. The molecule has 2 aromatic heterocycles. The predicted octanol–water partition coefficient (Wildman–Crippen LogP) is 4.03. The summed E-state index contributed by atoms with van der Waals surface area (Å²) in [6, 6.07) is 10.0. The van der Waals surface area contributed by atoms with Crippen molar-refractivity contribution >= 4 is 28.6 Å². The van der Waals surface area contributed by atoms with Crippen molar-refractivity contribution in [2.24, 2.45) is 0 Å². The molecule has 0 atom stereocenters. The summed E-state index contributed by atoms with van der Waals surface area (Å²) in [5.41, 5.74) is 6.57. The number of aryl methyl sites for hydroxylation is 1. The van der Waals surface area contributed by atoms with Crippen LogP contribution in [-0.4, -0.2) is 28.3 Å². The van der Waals surface area contributed by atoms with Gasteiger partial charge in [-0.2, -0.15) is 0 Å². The van der Waals surface area contributed by atoms with Crippen LogP contribution in [0.5, 0.6) is 0 Å². The quantitative estimate of drug-likeness (QED) is 0.546. The number of rotatable bonds is 4. The molecule has 1 aliphatic heterocycles. The number of allylic oxidation sites excluding steroid dienone is 1. The number of nitrogens with one attached hydrogen (secondary N) is 3. The van der Waals surface area contributed by atoms with Crippen molar-refractivity contribution in [3.8, 4) is 0 Å². The largest absolute Gasteiger partial charge is 0.358 e. The first-order valence-corrected chi connectivity index (χ1v) is 10.8. The van der Waals surface area contributed by atoms with Gasteiger partial charge in [0.25, 0.3) is 11.8 Å². The molecule has 0 fully saturated rings. The summed E-state index contributed by atoms with van der Waals surface area (Å²) >= 11 is 0. The normalized spacial score (nSPS) is 17.0. The van der Waals surface area contributed by atoms with E-state index < -0.39 is 0 Å². The minimum Gasteiger partial charge on any atom is -0.358 e. The van der Waals surface area contributed by atoms with Gasteiger partial charge >= 0.3 is 0 Å². The van der Waals surface area contributed by atoms with E-state index in [9.17, 15) is 14.0 Å². The molecule has 0 spiro atoms. The molecule has 3 aromatic rings. The van der Waals surface area contributed by atoms with E-state index in [-0.39, 0.29) is 17.6 Å². The Morgan fingerprint density at radius 2 is 2.09 bits per heavy atom. The summed E-state index contributed by atoms with van der Waals surface area (Å²) in [6.07, 6.45) is 4.64. The molecule has 1 aliphatic carbocycles. The highest BCUT2D eigenvalue weighted by molar-refractivity contribution is 6.36. The van der Waals surface area contributed by atoms with Gasteiger partial charge in [-0.05, 0) is 67.7 Å². The number of aromatic amines is 1. The average molecular weight is 430 g/mol. The number of fused-ring (bicyclic) bond motifs is 2. The molecule has 0 radical (unpaired) electrons. The van der Waals surface area contributed by atoms with Gasteiger partial charge in [0.15, 0.2) is 0 Å². The van der Waals surface area contributed by atoms with Crippen molar-refractivity contribution in [3.05, 3.63) is 82.2 Å². The minimum absolute atomic E-state index is 0.135. The molecular formula is C25H23FN4O2. The monoisotopic (exact) mass is 430 g/mol. The van der Waals surface area contributed by atoms with Crippen LogP contribution in [0.4, 0.5) is 10.1 Å². The second kappa shape index (κ2) is 8.07. The van der Waals surface area contributed by atoms with Gasteiger partial charge in [-0.15, -0.1) is 0 Å². The van der Waals surface area contributed by atoms with E-state index in [1.54, 1.807) is 12.3 Å². The number of H-pyrrole nitrogens is 1. The molecule has 1 aromatic carbocycles. The van der Waals surface area contributed by atoms with Gasteiger partial charge in [0.1, 0.15) is 5.82 Å². The van der Waals surface area contributed by atoms with Crippen molar-refractivity contribution in [2.45, 2.75) is 32.6 Å². The number of amides is 2. The Hall–Kier alpha value is -3.74. The zero-order valence-corrected chi connectivity index (χ0v) is 17.7. The third kappa shape index (κ3) is 3.49. The standard InChI is InChI=1S/C25H23FN4O2/c1-14-21(24(31)28-12-10-16-5-2-3-11-27-16)17-6-4-7-18(23(17)29-14)22-19-13-15(26)8-9-20(19)30-25(22)32/h2-3,5,8-9,11,13,29H,4,6-7,10,12H2,1H3,(H,28,31)(H,30,32)/b22-18-. The highest BCUT2D eigenvalue weighted by Gasteiger charge is 2.33. The van der Waals surface area contributed by atoms with Crippen molar-refractivity contribution in [2.75, 3.05) is 11.9 Å². The minimum atomic E-state index is -0.384. The number of pyridine rings is 1. The van der Waals surface area contributed by atoms with Crippen LogP contribution in [0, 0.1) is 12.7 Å². The summed E-state index contributed by atoms with van der Waals surface area (Å²) in [6.45, 7) is 2.36. The number of anilines is 1. The van der Waals surface area contributed by atoms with Gasteiger partial charge in [-0.3, -0.25) is 14.6 Å². The maximum Gasteiger partial charge on any atom is 0.256 e. The van der Waals surface area contributed by atoms with Crippen LogP contribution >= 0.6 is 0 Å². The smallest absolute Gasteiger partial charge is 0.256 e. The van der Waals surface area contributed by atoms with E-state index in [2.05, 4.69) is 20.6 Å². The fourth-order valence-corrected chi connectivity index (χ4v) is 4.69. The van der Waals surface area contributed by atoms with Gasteiger partial charge in [-0.25, -0.2) is 4.39 Å². The van der Waals surface area contributed by atoms with Crippen LogP contribution in [0.3, 0.4) is 0 Å². The summed E-state index contributed by atoms with van der Waals surface area (Å²) in [5, 5.41) is 5.82. The van der Waals surface area contributed by atoms with Crippen LogP contribution in [-0.2, 0) is 17.6 Å². The summed E-state index contributed by atoms with van der Waals surface area (Å²) in [7, 11) is 0. The average Bonchev–Trinajstić information content (AvgIpc) is 3.29. The fraction of sp³-hybridized carbons (Fsp3) is 0.240.